The minimum absolute atomic E-state index is 0.00124. The van der Waals surface area contributed by atoms with Crippen LogP contribution in [-0.2, 0) is 9.59 Å². The number of aliphatic hydroxyl groups excluding tert-OH is 1. The van der Waals surface area contributed by atoms with Crippen LogP contribution < -0.4 is 9.64 Å². The zero-order valence-corrected chi connectivity index (χ0v) is 20.4. The van der Waals surface area contributed by atoms with Gasteiger partial charge in [-0.15, -0.1) is 0 Å². The van der Waals surface area contributed by atoms with E-state index in [0.717, 1.165) is 4.90 Å². The number of carbonyl (C=O) groups excluding carboxylic acids is 2. The topological polar surface area (TPSA) is 153 Å². The molecule has 10 nitrogen and oxygen atoms in total. The molecular weight excluding hydrogens is 490 g/mol. The van der Waals surface area contributed by atoms with E-state index >= 15 is 0 Å². The number of aliphatic hydroxyl groups is 1. The Morgan fingerprint density at radius 1 is 1.00 bits per heavy atom. The first-order valence-electron chi connectivity index (χ1n) is 11.7. The van der Waals surface area contributed by atoms with Gasteiger partial charge in [0.25, 0.3) is 5.78 Å². The van der Waals surface area contributed by atoms with Crippen LogP contribution in [0.4, 0.5) is 5.95 Å². The van der Waals surface area contributed by atoms with E-state index in [4.69, 9.17) is 4.74 Å². The van der Waals surface area contributed by atoms with Crippen LogP contribution in [0.1, 0.15) is 41.4 Å². The number of carboxylic acids is 1. The van der Waals surface area contributed by atoms with Crippen molar-refractivity contribution in [2.75, 3.05) is 4.90 Å². The molecule has 5 rings (SSSR count). The van der Waals surface area contributed by atoms with Gasteiger partial charge in [0.05, 0.1) is 34.3 Å². The maximum Gasteiger partial charge on any atom is 0.335 e. The van der Waals surface area contributed by atoms with Gasteiger partial charge in [-0.2, -0.15) is 0 Å². The average Bonchev–Trinajstić information content (AvgIpc) is 3.41. The van der Waals surface area contributed by atoms with E-state index < -0.39 is 29.5 Å². The predicted octanol–water partition coefficient (Wildman–Crippen LogP) is 4.38. The highest BCUT2D eigenvalue weighted by Gasteiger charge is 2.48. The third kappa shape index (κ3) is 4.32. The average molecular weight is 514 g/mol. The molecule has 1 saturated heterocycles. The molecule has 192 valence electrons. The van der Waals surface area contributed by atoms with Crippen molar-refractivity contribution < 1.29 is 34.4 Å². The normalized spacial score (nSPS) is 16.9. The van der Waals surface area contributed by atoms with Crippen molar-refractivity contribution in [1.29, 1.82) is 0 Å². The van der Waals surface area contributed by atoms with Gasteiger partial charge in [-0.25, -0.2) is 9.78 Å². The third-order valence-corrected chi connectivity index (χ3v) is 6.08. The summed E-state index contributed by atoms with van der Waals surface area (Å²) in [7, 11) is 0. The third-order valence-electron chi connectivity index (χ3n) is 6.08. The zero-order chi connectivity index (χ0) is 27.1. The van der Waals surface area contributed by atoms with Crippen molar-refractivity contribution >= 4 is 40.4 Å². The number of carbonyl (C=O) groups is 3. The second-order valence-corrected chi connectivity index (χ2v) is 9.05. The Bertz CT molecular complexity index is 1620. The highest BCUT2D eigenvalue weighted by Crippen LogP contribution is 2.42. The largest absolute Gasteiger partial charge is 0.508 e. The molecule has 0 aliphatic carbocycles. The lowest BCUT2D eigenvalue weighted by atomic mass is 9.95. The lowest BCUT2D eigenvalue weighted by molar-refractivity contribution is -0.132. The molecule has 10 heteroatoms. The van der Waals surface area contributed by atoms with Crippen molar-refractivity contribution in [2.24, 2.45) is 0 Å². The van der Waals surface area contributed by atoms with Gasteiger partial charge in [-0.05, 0) is 61.9 Å². The number of carboxylic acid groups (broad SMARTS) is 1. The molecule has 1 aliphatic heterocycles. The van der Waals surface area contributed by atoms with Crippen LogP contribution in [0, 0.1) is 0 Å². The number of aromatic carboxylic acids is 1. The number of aromatic hydroxyl groups is 1. The molecule has 4 aromatic rings. The SMILES string of the molecule is CC(C)Oc1cccc(/C(O)=C2\C(=O)C(=O)N(c3nc4ccc(C(=O)O)cc4[nH]3)C2c2ccc(O)cc2)c1. The van der Waals surface area contributed by atoms with E-state index in [0.29, 0.717) is 22.3 Å². The minimum Gasteiger partial charge on any atom is -0.508 e. The smallest absolute Gasteiger partial charge is 0.335 e. The molecule has 3 aromatic carbocycles. The number of amides is 1. The first-order valence-corrected chi connectivity index (χ1v) is 11.7. The Labute approximate surface area is 216 Å². The number of fused-ring (bicyclic) bond motifs is 1. The molecular formula is C28H23N3O7. The summed E-state index contributed by atoms with van der Waals surface area (Å²) in [6.45, 7) is 3.71. The zero-order valence-electron chi connectivity index (χ0n) is 20.4. The molecule has 4 N–H and O–H groups in total. The van der Waals surface area contributed by atoms with E-state index in [9.17, 15) is 29.7 Å². The molecule has 38 heavy (non-hydrogen) atoms. The monoisotopic (exact) mass is 513 g/mol. The number of benzene rings is 3. The Morgan fingerprint density at radius 2 is 1.74 bits per heavy atom. The maximum atomic E-state index is 13.4. The molecule has 1 aromatic heterocycles. The number of anilines is 1. The lowest BCUT2D eigenvalue weighted by Gasteiger charge is -2.23. The molecule has 0 bridgehead atoms. The Kier molecular flexibility index (Phi) is 6.08. The number of H-pyrrole nitrogens is 1. The number of hydrogen-bond acceptors (Lipinski definition) is 7. The highest BCUT2D eigenvalue weighted by molar-refractivity contribution is 6.51. The van der Waals surface area contributed by atoms with Crippen LogP contribution in [0.3, 0.4) is 0 Å². The summed E-state index contributed by atoms with van der Waals surface area (Å²) < 4.78 is 5.71. The number of rotatable bonds is 6. The van der Waals surface area contributed by atoms with Gasteiger partial charge in [0, 0.05) is 5.56 Å². The number of imidazole rings is 1. The number of nitrogens with one attached hydrogen (secondary N) is 1. The van der Waals surface area contributed by atoms with Gasteiger partial charge in [0.1, 0.15) is 17.3 Å². The van der Waals surface area contributed by atoms with Crippen molar-refractivity contribution in [3.63, 3.8) is 0 Å². The number of aromatic nitrogens is 2. The number of ether oxygens (including phenoxy) is 1. The fourth-order valence-corrected chi connectivity index (χ4v) is 4.41. The summed E-state index contributed by atoms with van der Waals surface area (Å²) in [6.07, 6.45) is -0.121. The predicted molar refractivity (Wildman–Crippen MR) is 138 cm³/mol. The lowest BCUT2D eigenvalue weighted by Crippen LogP contribution is -2.30. The summed E-state index contributed by atoms with van der Waals surface area (Å²) in [5.41, 5.74) is 1.30. The second kappa shape index (κ2) is 9.40. The molecule has 0 saturated carbocycles. The fraction of sp³-hybridized carbons (Fsp3) is 0.143. The van der Waals surface area contributed by atoms with E-state index in [2.05, 4.69) is 9.97 Å². The molecule has 0 spiro atoms. The number of ketones is 1. The Hall–Kier alpha value is -5.12. The van der Waals surface area contributed by atoms with Crippen LogP contribution in [0.2, 0.25) is 0 Å². The molecule has 2 heterocycles. The number of phenols is 1. The molecule has 0 radical (unpaired) electrons. The maximum absolute atomic E-state index is 13.4. The standard InChI is InChI=1S/C28H23N3O7/c1-14(2)38-19-5-3-4-16(12-19)24(33)22-23(15-6-9-18(32)10-7-15)31(26(35)25(22)34)28-29-20-11-8-17(27(36)37)13-21(20)30-28/h3-14,23,32-33H,1-2H3,(H,29,30)(H,36,37)/b24-22+. The number of nitrogens with zero attached hydrogens (tertiary/aromatic N) is 2. The second-order valence-electron chi connectivity index (χ2n) is 9.05. The van der Waals surface area contributed by atoms with Crippen molar-refractivity contribution in [3.05, 3.63) is 89.0 Å². The molecule has 1 unspecified atom stereocenters. The number of hydrogen-bond donors (Lipinski definition) is 4. The summed E-state index contributed by atoms with van der Waals surface area (Å²) in [5.74, 6) is -2.93. The highest BCUT2D eigenvalue weighted by atomic mass is 16.5. The minimum atomic E-state index is -1.13. The number of phenolic OH excluding ortho intramolecular Hbond substituents is 1. The van der Waals surface area contributed by atoms with E-state index in [1.807, 2.05) is 13.8 Å². The number of Topliss-reactive ketones (excluding diaryl/α,β-unsaturated/α-hetero) is 1. The van der Waals surface area contributed by atoms with Crippen LogP contribution in [0.5, 0.6) is 11.5 Å². The first-order chi connectivity index (χ1) is 18.1. The van der Waals surface area contributed by atoms with Crippen LogP contribution in [0.25, 0.3) is 16.8 Å². The fourth-order valence-electron chi connectivity index (χ4n) is 4.41. The van der Waals surface area contributed by atoms with Gasteiger partial charge >= 0.3 is 11.9 Å². The summed E-state index contributed by atoms with van der Waals surface area (Å²) >= 11 is 0. The number of aromatic amines is 1. The van der Waals surface area contributed by atoms with E-state index in [1.165, 1.54) is 42.5 Å². The van der Waals surface area contributed by atoms with Gasteiger partial charge in [0.2, 0.25) is 5.95 Å². The van der Waals surface area contributed by atoms with Crippen molar-refractivity contribution in [1.82, 2.24) is 9.97 Å². The molecule has 1 fully saturated rings. The quantitative estimate of drug-likeness (QED) is 0.168. The summed E-state index contributed by atoms with van der Waals surface area (Å²) in [4.78, 5) is 46.6. The van der Waals surface area contributed by atoms with Crippen molar-refractivity contribution in [3.8, 4) is 11.5 Å². The summed E-state index contributed by atoms with van der Waals surface area (Å²) in [6, 6.07) is 15.6. The Morgan fingerprint density at radius 3 is 2.42 bits per heavy atom. The molecule has 1 aliphatic rings. The first kappa shape index (κ1) is 24.6. The molecule has 1 atom stereocenters. The van der Waals surface area contributed by atoms with Gasteiger partial charge in [-0.1, -0.05) is 24.3 Å². The van der Waals surface area contributed by atoms with E-state index in [-0.39, 0.29) is 34.5 Å². The van der Waals surface area contributed by atoms with Crippen LogP contribution in [0.15, 0.2) is 72.3 Å². The van der Waals surface area contributed by atoms with Crippen molar-refractivity contribution in [2.45, 2.75) is 26.0 Å². The Balaban J connectivity index is 1.68. The molecule has 1 amide bonds. The van der Waals surface area contributed by atoms with Crippen LogP contribution in [-0.4, -0.2) is 49.1 Å². The van der Waals surface area contributed by atoms with Gasteiger partial charge < -0.3 is 25.0 Å². The van der Waals surface area contributed by atoms with Gasteiger partial charge in [-0.3, -0.25) is 14.5 Å². The van der Waals surface area contributed by atoms with Gasteiger partial charge in [0.15, 0.2) is 0 Å². The van der Waals surface area contributed by atoms with Crippen LogP contribution >= 0.6 is 0 Å². The van der Waals surface area contributed by atoms with E-state index in [1.54, 1.807) is 24.3 Å². The summed E-state index contributed by atoms with van der Waals surface area (Å²) in [5, 5.41) is 30.5.